The van der Waals surface area contributed by atoms with Gasteiger partial charge in [0.2, 0.25) is 5.91 Å². The van der Waals surface area contributed by atoms with Crippen molar-refractivity contribution < 1.29 is 19.4 Å². The quantitative estimate of drug-likeness (QED) is 0.721. The number of hydrogen-bond acceptors (Lipinski definition) is 3. The fourth-order valence-electron chi connectivity index (χ4n) is 2.49. The molecule has 0 bridgehead atoms. The summed E-state index contributed by atoms with van der Waals surface area (Å²) < 4.78 is 5.35. The lowest BCUT2D eigenvalue weighted by Crippen LogP contribution is -2.59. The molecule has 1 saturated heterocycles. The molecule has 17 heavy (non-hydrogen) atoms. The number of carbonyl (C=O) groups excluding carboxylic acids is 1. The molecule has 1 amide bonds. The van der Waals surface area contributed by atoms with Crippen molar-refractivity contribution in [3.63, 3.8) is 0 Å². The summed E-state index contributed by atoms with van der Waals surface area (Å²) in [4.78, 5) is 23.3. The van der Waals surface area contributed by atoms with Crippen molar-refractivity contribution in [2.75, 3.05) is 13.2 Å². The molecule has 1 heterocycles. The number of nitrogens with one attached hydrogen (secondary N) is 1. The standard InChI is InChI=1S/C12H19NO4/c1-11(4-3-7-17-8-11)13-9(14)12(10(15)16)5-2-6-12/h2-8H2,1H3,(H,13,14)(H,15,16). The molecule has 0 aromatic carbocycles. The predicted octanol–water partition coefficient (Wildman–Crippen LogP) is 0.927. The molecular weight excluding hydrogens is 222 g/mol. The lowest BCUT2D eigenvalue weighted by atomic mass is 9.67. The number of ether oxygens (including phenoxy) is 1. The highest BCUT2D eigenvalue weighted by molar-refractivity contribution is 6.03. The lowest BCUT2D eigenvalue weighted by Gasteiger charge is -2.41. The summed E-state index contributed by atoms with van der Waals surface area (Å²) in [7, 11) is 0. The first-order valence-electron chi connectivity index (χ1n) is 6.12. The van der Waals surface area contributed by atoms with Gasteiger partial charge in [-0.3, -0.25) is 9.59 Å². The van der Waals surface area contributed by atoms with Crippen molar-refractivity contribution in [3.8, 4) is 0 Å². The minimum absolute atomic E-state index is 0.343. The third kappa shape index (κ3) is 2.16. The third-order valence-electron chi connectivity index (χ3n) is 3.90. The minimum atomic E-state index is -1.18. The molecule has 2 N–H and O–H groups in total. The zero-order valence-electron chi connectivity index (χ0n) is 10.1. The van der Waals surface area contributed by atoms with E-state index in [4.69, 9.17) is 4.74 Å². The second-order valence-corrected chi connectivity index (χ2v) is 5.41. The number of hydrogen-bond donors (Lipinski definition) is 2. The van der Waals surface area contributed by atoms with Crippen molar-refractivity contribution in [2.24, 2.45) is 5.41 Å². The van der Waals surface area contributed by atoms with Gasteiger partial charge in [-0.25, -0.2) is 0 Å². The smallest absolute Gasteiger partial charge is 0.319 e. The molecular formula is C12H19NO4. The first-order valence-corrected chi connectivity index (χ1v) is 6.12. The summed E-state index contributed by atoms with van der Waals surface area (Å²) in [6.07, 6.45) is 3.45. The van der Waals surface area contributed by atoms with Crippen molar-refractivity contribution in [1.29, 1.82) is 0 Å². The van der Waals surface area contributed by atoms with Crippen LogP contribution in [0.25, 0.3) is 0 Å². The summed E-state index contributed by atoms with van der Waals surface area (Å²) in [5, 5.41) is 12.1. The molecule has 2 aliphatic rings. The fourth-order valence-corrected chi connectivity index (χ4v) is 2.49. The van der Waals surface area contributed by atoms with Gasteiger partial charge in [-0.2, -0.15) is 0 Å². The monoisotopic (exact) mass is 241 g/mol. The molecule has 0 aromatic heterocycles. The number of carbonyl (C=O) groups is 2. The van der Waals surface area contributed by atoms with Crippen LogP contribution in [0.15, 0.2) is 0 Å². The molecule has 1 saturated carbocycles. The highest BCUT2D eigenvalue weighted by Crippen LogP contribution is 2.42. The summed E-state index contributed by atoms with van der Waals surface area (Å²) in [5.74, 6) is -1.34. The molecule has 96 valence electrons. The molecule has 5 heteroatoms. The lowest BCUT2D eigenvalue weighted by molar-refractivity contribution is -0.163. The van der Waals surface area contributed by atoms with E-state index in [1.807, 2.05) is 6.92 Å². The molecule has 1 aliphatic heterocycles. The Balaban J connectivity index is 2.03. The average Bonchev–Trinajstić information content (AvgIpc) is 2.14. The molecule has 1 aliphatic carbocycles. The van der Waals surface area contributed by atoms with Crippen LogP contribution < -0.4 is 5.32 Å². The molecule has 0 spiro atoms. The van der Waals surface area contributed by atoms with Crippen LogP contribution in [0.2, 0.25) is 0 Å². The van der Waals surface area contributed by atoms with E-state index in [1.165, 1.54) is 0 Å². The van der Waals surface area contributed by atoms with Gasteiger partial charge in [0.1, 0.15) is 5.41 Å². The molecule has 5 nitrogen and oxygen atoms in total. The van der Waals surface area contributed by atoms with Gasteiger partial charge >= 0.3 is 5.97 Å². The van der Waals surface area contributed by atoms with E-state index in [9.17, 15) is 14.7 Å². The van der Waals surface area contributed by atoms with Crippen LogP contribution in [-0.4, -0.2) is 35.7 Å². The predicted molar refractivity (Wildman–Crippen MR) is 60.5 cm³/mol. The SMILES string of the molecule is CC1(NC(=O)C2(C(=O)O)CCC2)CCCOC1. The zero-order valence-corrected chi connectivity index (χ0v) is 10.1. The number of carboxylic acid groups (broad SMARTS) is 1. The van der Waals surface area contributed by atoms with Gasteiger partial charge in [0.25, 0.3) is 0 Å². The van der Waals surface area contributed by atoms with Crippen LogP contribution in [0, 0.1) is 5.41 Å². The number of aliphatic carboxylic acids is 1. The Kier molecular flexibility index (Phi) is 3.12. The topological polar surface area (TPSA) is 75.6 Å². The van der Waals surface area contributed by atoms with Gasteiger partial charge in [-0.15, -0.1) is 0 Å². The first kappa shape index (κ1) is 12.4. The van der Waals surface area contributed by atoms with E-state index in [0.29, 0.717) is 19.4 Å². The van der Waals surface area contributed by atoms with Crippen molar-refractivity contribution in [1.82, 2.24) is 5.32 Å². The normalized spacial score (nSPS) is 31.4. The molecule has 2 fully saturated rings. The van der Waals surface area contributed by atoms with Crippen LogP contribution in [0.5, 0.6) is 0 Å². The van der Waals surface area contributed by atoms with E-state index < -0.39 is 16.9 Å². The van der Waals surface area contributed by atoms with Crippen LogP contribution in [-0.2, 0) is 14.3 Å². The molecule has 0 radical (unpaired) electrons. The van der Waals surface area contributed by atoms with E-state index >= 15 is 0 Å². The van der Waals surface area contributed by atoms with E-state index in [-0.39, 0.29) is 5.91 Å². The Bertz CT molecular complexity index is 329. The van der Waals surface area contributed by atoms with E-state index in [1.54, 1.807) is 0 Å². The number of amides is 1. The summed E-state index contributed by atoms with van der Waals surface area (Å²) in [6.45, 7) is 3.10. The summed E-state index contributed by atoms with van der Waals surface area (Å²) in [5.41, 5.74) is -1.59. The Labute approximate surface area is 101 Å². The largest absolute Gasteiger partial charge is 0.480 e. The summed E-state index contributed by atoms with van der Waals surface area (Å²) in [6, 6.07) is 0. The highest BCUT2D eigenvalue weighted by Gasteiger charge is 2.52. The second kappa shape index (κ2) is 4.29. The fraction of sp³-hybridized carbons (Fsp3) is 0.833. The maximum Gasteiger partial charge on any atom is 0.319 e. The third-order valence-corrected chi connectivity index (χ3v) is 3.90. The molecule has 2 rings (SSSR count). The molecule has 0 aromatic rings. The second-order valence-electron chi connectivity index (χ2n) is 5.41. The Morgan fingerprint density at radius 1 is 1.24 bits per heavy atom. The number of rotatable bonds is 3. The van der Waals surface area contributed by atoms with Gasteiger partial charge in [-0.1, -0.05) is 6.42 Å². The van der Waals surface area contributed by atoms with Crippen molar-refractivity contribution in [2.45, 2.75) is 44.6 Å². The maximum atomic E-state index is 12.1. The van der Waals surface area contributed by atoms with Gasteiger partial charge in [0.15, 0.2) is 0 Å². The minimum Gasteiger partial charge on any atom is -0.480 e. The van der Waals surface area contributed by atoms with Gasteiger partial charge in [0, 0.05) is 6.61 Å². The zero-order chi connectivity index (χ0) is 12.5. The van der Waals surface area contributed by atoms with Gasteiger partial charge in [-0.05, 0) is 32.6 Å². The van der Waals surface area contributed by atoms with Gasteiger partial charge in [0.05, 0.1) is 12.1 Å². The Hall–Kier alpha value is -1.10. The van der Waals surface area contributed by atoms with Crippen molar-refractivity contribution in [3.05, 3.63) is 0 Å². The van der Waals surface area contributed by atoms with Crippen LogP contribution >= 0.6 is 0 Å². The molecule has 1 unspecified atom stereocenters. The van der Waals surface area contributed by atoms with Crippen LogP contribution in [0.1, 0.15) is 39.0 Å². The van der Waals surface area contributed by atoms with Crippen LogP contribution in [0.4, 0.5) is 0 Å². The van der Waals surface area contributed by atoms with E-state index in [2.05, 4.69) is 5.32 Å². The summed E-state index contributed by atoms with van der Waals surface area (Å²) >= 11 is 0. The van der Waals surface area contributed by atoms with Crippen molar-refractivity contribution >= 4 is 11.9 Å². The molecule has 1 atom stereocenters. The Morgan fingerprint density at radius 3 is 2.35 bits per heavy atom. The Morgan fingerprint density at radius 2 is 1.94 bits per heavy atom. The van der Waals surface area contributed by atoms with Gasteiger partial charge < -0.3 is 15.2 Å². The highest BCUT2D eigenvalue weighted by atomic mass is 16.5. The van der Waals surface area contributed by atoms with E-state index in [0.717, 1.165) is 25.9 Å². The first-order chi connectivity index (χ1) is 7.99. The number of carboxylic acids is 1. The average molecular weight is 241 g/mol. The maximum absolute atomic E-state index is 12.1. The van der Waals surface area contributed by atoms with Crippen LogP contribution in [0.3, 0.4) is 0 Å².